The van der Waals surface area contributed by atoms with E-state index in [1.165, 1.54) is 28.6 Å². The Balaban J connectivity index is 1.69. The molecule has 0 aliphatic heterocycles. The first-order valence-electron chi connectivity index (χ1n) is 10.6. The fourth-order valence-electron chi connectivity index (χ4n) is 3.78. The predicted molar refractivity (Wildman–Crippen MR) is 117 cm³/mol. The minimum atomic E-state index is -0.253. The average Bonchev–Trinajstić information content (AvgIpc) is 3.41. The maximum atomic E-state index is 13.4. The second kappa shape index (κ2) is 8.57. The Kier molecular flexibility index (Phi) is 6.11. The van der Waals surface area contributed by atoms with Crippen molar-refractivity contribution in [1.82, 2.24) is 14.9 Å². The van der Waals surface area contributed by atoms with Crippen LogP contribution in [0.25, 0.3) is 10.2 Å². The zero-order valence-corrected chi connectivity index (χ0v) is 18.4. The van der Waals surface area contributed by atoms with Crippen molar-refractivity contribution >= 4 is 39.2 Å². The summed E-state index contributed by atoms with van der Waals surface area (Å²) in [7, 11) is 0. The quantitative estimate of drug-likeness (QED) is 0.394. The molecule has 7 heteroatoms. The van der Waals surface area contributed by atoms with Gasteiger partial charge in [-0.1, -0.05) is 31.5 Å². The smallest absolute Gasteiger partial charge is 0.263 e. The molecule has 0 saturated heterocycles. The first-order chi connectivity index (χ1) is 13.6. The van der Waals surface area contributed by atoms with Gasteiger partial charge in [0.1, 0.15) is 4.83 Å². The van der Waals surface area contributed by atoms with E-state index in [0.717, 1.165) is 61.6 Å². The van der Waals surface area contributed by atoms with Gasteiger partial charge in [0.25, 0.3) is 5.56 Å². The van der Waals surface area contributed by atoms with Crippen LogP contribution in [0.5, 0.6) is 0 Å². The van der Waals surface area contributed by atoms with E-state index in [-0.39, 0.29) is 16.7 Å². The van der Waals surface area contributed by atoms with Crippen LogP contribution in [-0.4, -0.2) is 26.8 Å². The van der Waals surface area contributed by atoms with Gasteiger partial charge in [-0.05, 0) is 57.4 Å². The number of thioether (sulfide) groups is 1. The summed E-state index contributed by atoms with van der Waals surface area (Å²) in [5.41, 5.74) is 1.34. The highest BCUT2D eigenvalue weighted by molar-refractivity contribution is 8.00. The third-order valence-electron chi connectivity index (χ3n) is 5.60. The molecule has 2 aliphatic carbocycles. The van der Waals surface area contributed by atoms with Crippen molar-refractivity contribution in [1.29, 1.82) is 0 Å². The van der Waals surface area contributed by atoms with Gasteiger partial charge < -0.3 is 5.32 Å². The summed E-state index contributed by atoms with van der Waals surface area (Å²) in [6, 6.07) is 0.349. The van der Waals surface area contributed by atoms with Gasteiger partial charge in [0.2, 0.25) is 5.91 Å². The van der Waals surface area contributed by atoms with Crippen molar-refractivity contribution < 1.29 is 4.79 Å². The Morgan fingerprint density at radius 2 is 2.11 bits per heavy atom. The molecule has 2 aromatic rings. The van der Waals surface area contributed by atoms with Crippen molar-refractivity contribution in [3.8, 4) is 0 Å². The maximum absolute atomic E-state index is 13.4. The highest BCUT2D eigenvalue weighted by Crippen LogP contribution is 2.35. The number of thiophene rings is 1. The minimum Gasteiger partial charge on any atom is -0.352 e. The van der Waals surface area contributed by atoms with Crippen LogP contribution >= 0.6 is 23.1 Å². The molecule has 0 bridgehead atoms. The van der Waals surface area contributed by atoms with E-state index in [2.05, 4.69) is 12.2 Å². The number of amides is 1. The van der Waals surface area contributed by atoms with Crippen LogP contribution in [0.1, 0.15) is 69.2 Å². The van der Waals surface area contributed by atoms with Gasteiger partial charge in [0.15, 0.2) is 5.16 Å². The van der Waals surface area contributed by atoms with Crippen LogP contribution in [0.15, 0.2) is 9.95 Å². The van der Waals surface area contributed by atoms with Gasteiger partial charge >= 0.3 is 0 Å². The third kappa shape index (κ3) is 4.15. The number of aryl methyl sites for hydroxylation is 2. The van der Waals surface area contributed by atoms with Crippen LogP contribution in [0.2, 0.25) is 0 Å². The predicted octanol–water partition coefficient (Wildman–Crippen LogP) is 4.29. The van der Waals surface area contributed by atoms with E-state index in [0.29, 0.717) is 17.7 Å². The number of fused-ring (bicyclic) bond motifs is 3. The molecule has 5 nitrogen and oxygen atoms in total. The van der Waals surface area contributed by atoms with Crippen LogP contribution in [0, 0.1) is 0 Å². The fraction of sp³-hybridized carbons (Fsp3) is 0.667. The Morgan fingerprint density at radius 1 is 1.32 bits per heavy atom. The van der Waals surface area contributed by atoms with Crippen molar-refractivity contribution in [2.45, 2.75) is 94.6 Å². The van der Waals surface area contributed by atoms with Gasteiger partial charge in [-0.25, -0.2) is 4.98 Å². The number of carbonyl (C=O) groups is 1. The van der Waals surface area contributed by atoms with E-state index < -0.39 is 0 Å². The molecule has 2 aliphatic rings. The number of unbranched alkanes of at least 4 members (excludes halogenated alkanes) is 2. The first-order valence-corrected chi connectivity index (χ1v) is 12.3. The minimum absolute atomic E-state index is 0.0485. The van der Waals surface area contributed by atoms with Crippen LogP contribution in [0.4, 0.5) is 0 Å². The number of nitrogens with zero attached hydrogens (tertiary/aromatic N) is 2. The van der Waals surface area contributed by atoms with Crippen molar-refractivity contribution in [2.75, 3.05) is 0 Å². The van der Waals surface area contributed by atoms with Gasteiger partial charge in [-0.15, -0.1) is 11.3 Å². The molecule has 1 unspecified atom stereocenters. The third-order valence-corrected chi connectivity index (χ3v) is 7.88. The van der Waals surface area contributed by atoms with Crippen LogP contribution in [0.3, 0.4) is 0 Å². The lowest BCUT2D eigenvalue weighted by Gasteiger charge is -2.16. The second-order valence-electron chi connectivity index (χ2n) is 7.99. The zero-order chi connectivity index (χ0) is 19.7. The maximum Gasteiger partial charge on any atom is 0.263 e. The summed E-state index contributed by atoms with van der Waals surface area (Å²) in [5, 5.41) is 4.35. The van der Waals surface area contributed by atoms with E-state index >= 15 is 0 Å². The molecule has 1 N–H and O–H groups in total. The topological polar surface area (TPSA) is 64.0 Å². The Morgan fingerprint density at radius 3 is 2.86 bits per heavy atom. The van der Waals surface area contributed by atoms with Crippen LogP contribution in [-0.2, 0) is 24.2 Å². The highest BCUT2D eigenvalue weighted by atomic mass is 32.2. The summed E-state index contributed by atoms with van der Waals surface area (Å²) in [6.45, 7) is 4.76. The lowest BCUT2D eigenvalue weighted by Crippen LogP contribution is -2.33. The molecule has 4 rings (SSSR count). The molecule has 1 atom stereocenters. The van der Waals surface area contributed by atoms with E-state index in [9.17, 15) is 9.59 Å². The Labute approximate surface area is 174 Å². The lowest BCUT2D eigenvalue weighted by atomic mass is 9.97. The molecule has 152 valence electrons. The van der Waals surface area contributed by atoms with E-state index in [4.69, 9.17) is 4.98 Å². The highest BCUT2D eigenvalue weighted by Gasteiger charge is 2.28. The SMILES string of the molecule is CCCCCn1c(SC(C)C(=O)NC2CC2)nc2sc3c(c2c1=O)CCCC3. The molecular formula is C21H29N3O2S2. The number of aromatic nitrogens is 2. The molecule has 1 amide bonds. The standard InChI is InChI=1S/C21H29N3O2S2/c1-3-4-7-12-24-20(26)17-15-8-5-6-9-16(15)28-19(17)23-21(24)27-13(2)18(25)22-14-10-11-14/h13-14H,3-12H2,1-2H3,(H,22,25). The Hall–Kier alpha value is -1.34. The summed E-state index contributed by atoms with van der Waals surface area (Å²) >= 11 is 3.11. The molecule has 1 fully saturated rings. The number of nitrogens with one attached hydrogen (secondary N) is 1. The molecule has 0 aromatic carbocycles. The molecule has 2 aromatic heterocycles. The normalized spacial score (nSPS) is 17.5. The molecule has 28 heavy (non-hydrogen) atoms. The second-order valence-corrected chi connectivity index (χ2v) is 10.4. The largest absolute Gasteiger partial charge is 0.352 e. The number of hydrogen-bond donors (Lipinski definition) is 1. The zero-order valence-electron chi connectivity index (χ0n) is 16.8. The number of rotatable bonds is 8. The average molecular weight is 420 g/mol. The van der Waals surface area contributed by atoms with Gasteiger partial charge in [-0.2, -0.15) is 0 Å². The van der Waals surface area contributed by atoms with Crippen molar-refractivity contribution in [3.05, 3.63) is 20.8 Å². The molecular weight excluding hydrogens is 390 g/mol. The molecule has 0 radical (unpaired) electrons. The molecule has 0 spiro atoms. The Bertz CT molecular complexity index is 930. The van der Waals surface area contributed by atoms with E-state index in [1.807, 2.05) is 11.5 Å². The van der Waals surface area contributed by atoms with Gasteiger partial charge in [0.05, 0.1) is 10.6 Å². The summed E-state index contributed by atoms with van der Waals surface area (Å²) in [4.78, 5) is 33.0. The van der Waals surface area contributed by atoms with Crippen molar-refractivity contribution in [3.63, 3.8) is 0 Å². The molecule has 2 heterocycles. The lowest BCUT2D eigenvalue weighted by molar-refractivity contribution is -0.120. The van der Waals surface area contributed by atoms with Crippen LogP contribution < -0.4 is 10.9 Å². The molecule has 1 saturated carbocycles. The van der Waals surface area contributed by atoms with E-state index in [1.54, 1.807) is 11.3 Å². The number of hydrogen-bond acceptors (Lipinski definition) is 5. The van der Waals surface area contributed by atoms with Crippen molar-refractivity contribution in [2.24, 2.45) is 0 Å². The summed E-state index contributed by atoms with van der Waals surface area (Å²) in [6.07, 6.45) is 9.74. The van der Waals surface area contributed by atoms with Gasteiger partial charge in [0, 0.05) is 17.5 Å². The monoisotopic (exact) mass is 419 g/mol. The van der Waals surface area contributed by atoms with Gasteiger partial charge in [-0.3, -0.25) is 14.2 Å². The fourth-order valence-corrected chi connectivity index (χ4v) is 6.03. The number of carbonyl (C=O) groups excluding carboxylic acids is 1. The summed E-state index contributed by atoms with van der Waals surface area (Å²) in [5.74, 6) is 0.0485. The first kappa shape index (κ1) is 20.0. The summed E-state index contributed by atoms with van der Waals surface area (Å²) < 4.78 is 1.84.